The molecule has 0 aliphatic heterocycles. The lowest BCUT2D eigenvalue weighted by Gasteiger charge is -2.32. The third-order valence-corrected chi connectivity index (χ3v) is 3.05. The highest BCUT2D eigenvalue weighted by molar-refractivity contribution is 7.43. The van der Waals surface area contributed by atoms with E-state index in [4.69, 9.17) is 4.74 Å². The quantitative estimate of drug-likeness (QED) is 0.626. The van der Waals surface area contributed by atoms with Gasteiger partial charge in [0.05, 0.1) is 12.7 Å². The Labute approximate surface area is 119 Å². The fourth-order valence-corrected chi connectivity index (χ4v) is 2.04. The first-order valence-corrected chi connectivity index (χ1v) is 7.06. The van der Waals surface area contributed by atoms with Gasteiger partial charge in [0, 0.05) is 5.56 Å². The van der Waals surface area contributed by atoms with Gasteiger partial charge in [-0.1, -0.05) is 0 Å². The third-order valence-electron chi connectivity index (χ3n) is 2.65. The molecule has 118 valence electrons. The van der Waals surface area contributed by atoms with E-state index in [9.17, 15) is 27.5 Å². The molecule has 1 aromatic rings. The molecule has 0 aliphatic rings. The van der Waals surface area contributed by atoms with Crippen LogP contribution in [0.15, 0.2) is 23.8 Å². The summed E-state index contributed by atoms with van der Waals surface area (Å²) in [4.78, 5) is 21.4. The van der Waals surface area contributed by atoms with E-state index in [-0.39, 0.29) is 11.1 Å². The molecule has 0 fully saturated rings. The number of ether oxygens (including phenoxy) is 1. The number of hydrogen-bond acceptors (Lipinski definition) is 5. The Balaban J connectivity index is 3.49. The summed E-state index contributed by atoms with van der Waals surface area (Å²) in [5.74, 6) is -0.663. The molecular weight excluding hydrogens is 312 g/mol. The molecule has 0 saturated heterocycles. The Hall–Kier alpha value is -1.50. The molecule has 0 atom stereocenters. The molecule has 0 aromatic heterocycles. The Kier molecular flexibility index (Phi) is 5.09. The number of halogens is 3. The fraction of sp³-hybridized carbons (Fsp3) is 0.333. The summed E-state index contributed by atoms with van der Waals surface area (Å²) >= 11 is 0. The lowest BCUT2D eigenvalue weighted by molar-refractivity contribution is -0.336. The molecule has 0 heterocycles. The minimum atomic E-state index is -5.64. The van der Waals surface area contributed by atoms with Crippen molar-refractivity contribution in [2.24, 2.45) is 0 Å². The highest BCUT2D eigenvalue weighted by atomic mass is 31.2. The number of alkyl halides is 3. The largest absolute Gasteiger partial charge is 0.780 e. The number of rotatable bonds is 4. The second-order valence-corrected chi connectivity index (χ2v) is 5.25. The molecule has 1 rings (SSSR count). The molecule has 21 heavy (non-hydrogen) atoms. The van der Waals surface area contributed by atoms with Crippen molar-refractivity contribution in [1.82, 2.24) is 0 Å². The summed E-state index contributed by atoms with van der Waals surface area (Å²) in [5, 5.41) is 0. The minimum Gasteiger partial charge on any atom is -0.780 e. The summed E-state index contributed by atoms with van der Waals surface area (Å²) in [6, 6.07) is 3.91. The van der Waals surface area contributed by atoms with Gasteiger partial charge in [-0.2, -0.15) is 13.2 Å². The SMILES string of the molecule is COc1ccc(C(OP(=O)([O-])[O-])=C(C)C(F)(F)F)c(C)c1. The molecule has 0 spiro atoms. The predicted octanol–water partition coefficient (Wildman–Crippen LogP) is 2.14. The Morgan fingerprint density at radius 3 is 2.24 bits per heavy atom. The molecule has 9 heteroatoms. The van der Waals surface area contributed by atoms with E-state index in [0.29, 0.717) is 12.7 Å². The van der Waals surface area contributed by atoms with E-state index in [2.05, 4.69) is 4.52 Å². The van der Waals surface area contributed by atoms with Gasteiger partial charge in [0.1, 0.15) is 19.3 Å². The maximum atomic E-state index is 12.8. The Morgan fingerprint density at radius 2 is 1.86 bits per heavy atom. The zero-order valence-corrected chi connectivity index (χ0v) is 12.2. The average molecular weight is 324 g/mol. The van der Waals surface area contributed by atoms with Gasteiger partial charge < -0.3 is 23.6 Å². The number of phosphoric ester groups is 1. The van der Waals surface area contributed by atoms with Gasteiger partial charge in [0.2, 0.25) is 0 Å². The topological polar surface area (TPSA) is 81.7 Å². The summed E-state index contributed by atoms with van der Waals surface area (Å²) in [6.07, 6.45) is -4.84. The highest BCUT2D eigenvalue weighted by Gasteiger charge is 2.35. The van der Waals surface area contributed by atoms with Crippen molar-refractivity contribution in [3.63, 3.8) is 0 Å². The average Bonchev–Trinajstić information content (AvgIpc) is 2.33. The third kappa shape index (κ3) is 4.77. The van der Waals surface area contributed by atoms with Crippen LogP contribution in [-0.4, -0.2) is 13.3 Å². The van der Waals surface area contributed by atoms with E-state index in [1.165, 1.54) is 32.2 Å². The van der Waals surface area contributed by atoms with Crippen molar-refractivity contribution in [3.05, 3.63) is 34.9 Å². The highest BCUT2D eigenvalue weighted by Crippen LogP contribution is 2.41. The number of phosphoric acid groups is 1. The molecule has 0 N–H and O–H groups in total. The first-order chi connectivity index (χ1) is 9.45. The molecule has 0 aliphatic carbocycles. The standard InChI is InChI=1S/C12H14F3O5P/c1-7-6-9(19-3)4-5-10(7)11(20-21(16,17)18)8(2)12(13,14)15/h4-6H,1-3H3,(H2,16,17,18)/p-2. The van der Waals surface area contributed by atoms with Crippen molar-refractivity contribution in [1.29, 1.82) is 0 Å². The monoisotopic (exact) mass is 324 g/mol. The van der Waals surface area contributed by atoms with Gasteiger partial charge >= 0.3 is 6.18 Å². The smallest absolute Gasteiger partial charge is 0.415 e. The van der Waals surface area contributed by atoms with Crippen LogP contribution in [0.4, 0.5) is 13.2 Å². The lowest BCUT2D eigenvalue weighted by atomic mass is 10.0. The van der Waals surface area contributed by atoms with Gasteiger partial charge in [-0.15, -0.1) is 0 Å². The molecule has 0 amide bonds. The van der Waals surface area contributed by atoms with Gasteiger partial charge in [-0.05, 0) is 37.6 Å². The van der Waals surface area contributed by atoms with Crippen molar-refractivity contribution < 1.29 is 36.8 Å². The van der Waals surface area contributed by atoms with Gasteiger partial charge in [-0.25, -0.2) is 0 Å². The Morgan fingerprint density at radius 1 is 1.29 bits per heavy atom. The maximum Gasteiger partial charge on any atom is 0.415 e. The summed E-state index contributed by atoms with van der Waals surface area (Å²) in [6.45, 7) is 2.07. The van der Waals surface area contributed by atoms with Crippen molar-refractivity contribution in [2.45, 2.75) is 20.0 Å². The Bertz CT molecular complexity index is 603. The van der Waals surface area contributed by atoms with E-state index in [1.807, 2.05) is 0 Å². The van der Waals surface area contributed by atoms with E-state index < -0.39 is 25.3 Å². The van der Waals surface area contributed by atoms with Crippen molar-refractivity contribution in [3.8, 4) is 5.75 Å². The molecule has 0 saturated carbocycles. The van der Waals surface area contributed by atoms with Crippen molar-refractivity contribution >= 4 is 13.6 Å². The number of allylic oxidation sites excluding steroid dienone is 1. The summed E-state index contributed by atoms with van der Waals surface area (Å²) in [7, 11) is -4.27. The van der Waals surface area contributed by atoms with Crippen LogP contribution < -0.4 is 14.5 Å². The summed E-state index contributed by atoms with van der Waals surface area (Å²) < 4.78 is 58.0. The van der Waals surface area contributed by atoms with Gasteiger partial charge in [0.15, 0.2) is 0 Å². The zero-order valence-electron chi connectivity index (χ0n) is 11.4. The minimum absolute atomic E-state index is 0.155. The molecule has 1 aromatic carbocycles. The van der Waals surface area contributed by atoms with E-state index >= 15 is 0 Å². The first-order valence-electron chi connectivity index (χ1n) is 5.60. The normalized spacial score (nSPS) is 13.7. The number of benzene rings is 1. The van der Waals surface area contributed by atoms with Crippen LogP contribution in [0.5, 0.6) is 5.75 Å². The van der Waals surface area contributed by atoms with E-state index in [0.717, 1.165) is 0 Å². The molecule has 0 radical (unpaired) electrons. The zero-order chi connectivity index (χ0) is 16.4. The van der Waals surface area contributed by atoms with Gasteiger partial charge in [0.25, 0.3) is 0 Å². The fourth-order valence-electron chi connectivity index (χ4n) is 1.58. The van der Waals surface area contributed by atoms with E-state index in [1.54, 1.807) is 0 Å². The van der Waals surface area contributed by atoms with Crippen LogP contribution in [0.25, 0.3) is 5.76 Å². The van der Waals surface area contributed by atoms with Crippen LogP contribution in [0, 0.1) is 6.92 Å². The van der Waals surface area contributed by atoms with Crippen LogP contribution in [0.2, 0.25) is 0 Å². The lowest BCUT2D eigenvalue weighted by Crippen LogP contribution is -2.19. The number of aryl methyl sites for hydroxylation is 1. The van der Waals surface area contributed by atoms with Crippen LogP contribution in [0.1, 0.15) is 18.1 Å². The predicted molar refractivity (Wildman–Crippen MR) is 65.1 cm³/mol. The van der Waals surface area contributed by atoms with Crippen LogP contribution >= 0.6 is 7.82 Å². The maximum absolute atomic E-state index is 12.8. The van der Waals surface area contributed by atoms with Crippen molar-refractivity contribution in [2.75, 3.05) is 7.11 Å². The number of hydrogen-bond donors (Lipinski definition) is 0. The second kappa shape index (κ2) is 6.09. The molecule has 0 bridgehead atoms. The molecular formula is C12H12F3O5P-2. The second-order valence-electron chi connectivity index (χ2n) is 4.17. The number of methoxy groups -OCH3 is 1. The van der Waals surface area contributed by atoms with Crippen LogP contribution in [0.3, 0.4) is 0 Å². The van der Waals surface area contributed by atoms with Crippen LogP contribution in [-0.2, 0) is 9.09 Å². The summed E-state index contributed by atoms with van der Waals surface area (Å²) in [5.41, 5.74) is -1.21. The van der Waals surface area contributed by atoms with Gasteiger partial charge in [-0.3, -0.25) is 0 Å². The molecule has 5 nitrogen and oxygen atoms in total. The first kappa shape index (κ1) is 17.6. The molecule has 0 unspecified atom stereocenters.